The van der Waals surface area contributed by atoms with Gasteiger partial charge in [-0.15, -0.1) is 0 Å². The molecule has 1 aliphatic rings. The lowest BCUT2D eigenvalue weighted by Gasteiger charge is -2.16. The van der Waals surface area contributed by atoms with Crippen molar-refractivity contribution in [3.8, 4) is 17.6 Å². The highest BCUT2D eigenvalue weighted by Crippen LogP contribution is 2.33. The fraction of sp³-hybridized carbons (Fsp3) is 0.316. The molecule has 1 aliphatic carbocycles. The molecule has 0 N–H and O–H groups in total. The molecule has 0 unspecified atom stereocenters. The number of halogens is 1. The van der Waals surface area contributed by atoms with Crippen LogP contribution in [0.5, 0.6) is 11.5 Å². The van der Waals surface area contributed by atoms with Gasteiger partial charge in [0.2, 0.25) is 0 Å². The highest BCUT2D eigenvalue weighted by molar-refractivity contribution is 5.88. The second-order valence-corrected chi connectivity index (χ2v) is 5.81. The number of allylic oxidation sites excluding steroid dienone is 1. The molecule has 0 aromatic carbocycles. The molecule has 1 saturated carbocycles. The van der Waals surface area contributed by atoms with Crippen LogP contribution in [-0.4, -0.2) is 23.2 Å². The Morgan fingerprint density at radius 3 is 2.80 bits per heavy atom. The van der Waals surface area contributed by atoms with Crippen LogP contribution in [-0.2, 0) is 0 Å². The number of nitriles is 1. The highest BCUT2D eigenvalue weighted by atomic mass is 19.1. The third-order valence-electron chi connectivity index (χ3n) is 4.15. The predicted octanol–water partition coefficient (Wildman–Crippen LogP) is 4.01. The van der Waals surface area contributed by atoms with Crippen molar-refractivity contribution >= 4 is 11.6 Å². The molecule has 0 amide bonds. The largest absolute Gasteiger partial charge is 0.491 e. The van der Waals surface area contributed by atoms with Gasteiger partial charge >= 0.3 is 0 Å². The van der Waals surface area contributed by atoms with Crippen LogP contribution in [0.15, 0.2) is 30.7 Å². The summed E-state index contributed by atoms with van der Waals surface area (Å²) in [7, 11) is 1.55. The molecule has 0 radical (unpaired) electrons. The first kappa shape index (κ1) is 16.9. The van der Waals surface area contributed by atoms with Gasteiger partial charge in [0, 0.05) is 17.8 Å². The monoisotopic (exact) mass is 339 g/mol. The van der Waals surface area contributed by atoms with Gasteiger partial charge in [0.15, 0.2) is 11.5 Å². The quantitative estimate of drug-likeness (QED) is 0.770. The summed E-state index contributed by atoms with van der Waals surface area (Å²) >= 11 is 0. The number of rotatable bonds is 5. The number of hydrogen-bond acceptors (Lipinski definition) is 5. The molecular formula is C19H18FN3O2. The Hall–Kier alpha value is -2.94. The van der Waals surface area contributed by atoms with Gasteiger partial charge in [-0.3, -0.25) is 9.97 Å². The average molecular weight is 339 g/mol. The maximum atomic E-state index is 13.8. The summed E-state index contributed by atoms with van der Waals surface area (Å²) in [6.07, 6.45) is 10.0. The Morgan fingerprint density at radius 2 is 2.12 bits per heavy atom. The summed E-state index contributed by atoms with van der Waals surface area (Å²) in [6.45, 7) is 0. The third kappa shape index (κ3) is 3.94. The van der Waals surface area contributed by atoms with E-state index in [1.165, 1.54) is 24.5 Å². The Bertz CT molecular complexity index is 824. The van der Waals surface area contributed by atoms with Crippen LogP contribution < -0.4 is 9.47 Å². The smallest absolute Gasteiger partial charge is 0.179 e. The van der Waals surface area contributed by atoms with E-state index < -0.39 is 5.82 Å². The van der Waals surface area contributed by atoms with Crippen LogP contribution in [0.4, 0.5) is 4.39 Å². The zero-order valence-corrected chi connectivity index (χ0v) is 13.9. The lowest BCUT2D eigenvalue weighted by atomic mass is 10.1. The van der Waals surface area contributed by atoms with Crippen molar-refractivity contribution in [2.45, 2.75) is 31.8 Å². The molecule has 0 spiro atoms. The van der Waals surface area contributed by atoms with E-state index in [-0.39, 0.29) is 17.2 Å². The van der Waals surface area contributed by atoms with Gasteiger partial charge < -0.3 is 9.47 Å². The van der Waals surface area contributed by atoms with Gasteiger partial charge in [-0.05, 0) is 37.8 Å². The molecule has 5 nitrogen and oxygen atoms in total. The SMILES string of the molecule is COc1cnc(C(C#N)=Cc2ccncc2F)cc1OC1CCCC1. The van der Waals surface area contributed by atoms with Gasteiger partial charge in [0.1, 0.15) is 11.9 Å². The van der Waals surface area contributed by atoms with Crippen molar-refractivity contribution in [1.82, 2.24) is 9.97 Å². The Morgan fingerprint density at radius 1 is 1.32 bits per heavy atom. The van der Waals surface area contributed by atoms with E-state index in [2.05, 4.69) is 16.0 Å². The molecule has 0 atom stereocenters. The number of nitrogens with zero attached hydrogens (tertiary/aromatic N) is 3. The first-order valence-electron chi connectivity index (χ1n) is 8.13. The van der Waals surface area contributed by atoms with Crippen LogP contribution in [0.25, 0.3) is 11.6 Å². The van der Waals surface area contributed by atoms with Crippen LogP contribution in [0.3, 0.4) is 0 Å². The molecule has 3 rings (SSSR count). The number of ether oxygens (including phenoxy) is 2. The fourth-order valence-corrected chi connectivity index (χ4v) is 2.82. The van der Waals surface area contributed by atoms with Crippen molar-refractivity contribution in [3.05, 3.63) is 47.8 Å². The number of pyridine rings is 2. The molecule has 0 bridgehead atoms. The molecule has 2 aromatic heterocycles. The number of aromatic nitrogens is 2. The molecule has 0 aliphatic heterocycles. The minimum absolute atomic E-state index is 0.149. The fourth-order valence-electron chi connectivity index (χ4n) is 2.82. The molecule has 6 heteroatoms. The summed E-state index contributed by atoms with van der Waals surface area (Å²) in [5.41, 5.74) is 0.930. The molecule has 128 valence electrons. The molecule has 2 heterocycles. The number of hydrogen-bond donors (Lipinski definition) is 0. The maximum absolute atomic E-state index is 13.8. The highest BCUT2D eigenvalue weighted by Gasteiger charge is 2.19. The van der Waals surface area contributed by atoms with E-state index in [0.717, 1.165) is 31.9 Å². The molecular weight excluding hydrogens is 321 g/mol. The Kier molecular flexibility index (Phi) is 5.24. The van der Waals surface area contributed by atoms with Crippen molar-refractivity contribution < 1.29 is 13.9 Å². The van der Waals surface area contributed by atoms with Gasteiger partial charge in [-0.1, -0.05) is 0 Å². The molecule has 0 saturated heterocycles. The van der Waals surface area contributed by atoms with Crippen molar-refractivity contribution in [3.63, 3.8) is 0 Å². The zero-order valence-electron chi connectivity index (χ0n) is 13.9. The summed E-state index contributed by atoms with van der Waals surface area (Å²) in [4.78, 5) is 7.95. The molecule has 25 heavy (non-hydrogen) atoms. The van der Waals surface area contributed by atoms with Crippen LogP contribution in [0, 0.1) is 17.1 Å². The predicted molar refractivity (Wildman–Crippen MR) is 91.4 cm³/mol. The summed E-state index contributed by atoms with van der Waals surface area (Å²) in [6, 6.07) is 5.25. The lowest BCUT2D eigenvalue weighted by Crippen LogP contribution is -2.12. The normalized spacial score (nSPS) is 15.0. The zero-order chi connectivity index (χ0) is 17.6. The van der Waals surface area contributed by atoms with Crippen LogP contribution in [0.2, 0.25) is 0 Å². The summed E-state index contributed by atoms with van der Waals surface area (Å²) in [5.74, 6) is 0.574. The topological polar surface area (TPSA) is 68.0 Å². The van der Waals surface area contributed by atoms with Crippen LogP contribution >= 0.6 is 0 Å². The first-order chi connectivity index (χ1) is 12.2. The summed E-state index contributed by atoms with van der Waals surface area (Å²) < 4.78 is 25.1. The Balaban J connectivity index is 1.95. The van der Waals surface area contributed by atoms with Gasteiger partial charge in [0.25, 0.3) is 0 Å². The minimum Gasteiger partial charge on any atom is -0.491 e. The summed E-state index contributed by atoms with van der Waals surface area (Å²) in [5, 5.41) is 9.46. The lowest BCUT2D eigenvalue weighted by molar-refractivity contribution is 0.200. The number of methoxy groups -OCH3 is 1. The second-order valence-electron chi connectivity index (χ2n) is 5.81. The first-order valence-corrected chi connectivity index (χ1v) is 8.13. The Labute approximate surface area is 145 Å². The second kappa shape index (κ2) is 7.75. The van der Waals surface area contributed by atoms with E-state index in [0.29, 0.717) is 17.2 Å². The van der Waals surface area contributed by atoms with E-state index in [9.17, 15) is 9.65 Å². The van der Waals surface area contributed by atoms with E-state index in [1.54, 1.807) is 13.2 Å². The third-order valence-corrected chi connectivity index (χ3v) is 4.15. The van der Waals surface area contributed by atoms with Gasteiger partial charge in [-0.25, -0.2) is 4.39 Å². The van der Waals surface area contributed by atoms with E-state index >= 15 is 0 Å². The van der Waals surface area contributed by atoms with E-state index in [1.807, 2.05) is 0 Å². The molecule has 2 aromatic rings. The standard InChI is InChI=1S/C19H18FN3O2/c1-24-19-12-23-17(9-18(19)25-15-4-2-3-5-15)14(10-21)8-13-6-7-22-11-16(13)20/h6-9,11-12,15H,2-5H2,1H3. The maximum Gasteiger partial charge on any atom is 0.179 e. The van der Waals surface area contributed by atoms with E-state index in [4.69, 9.17) is 9.47 Å². The van der Waals surface area contributed by atoms with Gasteiger partial charge in [0.05, 0.1) is 36.9 Å². The average Bonchev–Trinajstić information content (AvgIpc) is 3.14. The van der Waals surface area contributed by atoms with Crippen molar-refractivity contribution in [1.29, 1.82) is 5.26 Å². The molecule has 1 fully saturated rings. The van der Waals surface area contributed by atoms with Crippen molar-refractivity contribution in [2.24, 2.45) is 0 Å². The van der Waals surface area contributed by atoms with Crippen LogP contribution in [0.1, 0.15) is 36.9 Å². The minimum atomic E-state index is -0.494. The van der Waals surface area contributed by atoms with Gasteiger partial charge in [-0.2, -0.15) is 5.26 Å². The van der Waals surface area contributed by atoms with Crippen molar-refractivity contribution in [2.75, 3.05) is 7.11 Å².